The van der Waals surface area contributed by atoms with Crippen molar-refractivity contribution in [2.75, 3.05) is 6.54 Å². The van der Waals surface area contributed by atoms with Crippen molar-refractivity contribution in [3.63, 3.8) is 0 Å². The van der Waals surface area contributed by atoms with Crippen molar-refractivity contribution in [3.8, 4) is 0 Å². The van der Waals surface area contributed by atoms with Crippen LogP contribution in [0.3, 0.4) is 0 Å². The molecule has 26 heavy (non-hydrogen) atoms. The van der Waals surface area contributed by atoms with Gasteiger partial charge in [0.15, 0.2) is 0 Å². The van der Waals surface area contributed by atoms with Crippen LogP contribution in [-0.2, 0) is 4.79 Å². The van der Waals surface area contributed by atoms with E-state index in [9.17, 15) is 9.18 Å². The van der Waals surface area contributed by atoms with Gasteiger partial charge < -0.3 is 16.0 Å². The number of halogens is 2. The number of nitrogens with one attached hydrogen (secondary N) is 3. The second-order valence-electron chi connectivity index (χ2n) is 5.82. The first-order chi connectivity index (χ1) is 12.6. The average molecular weight is 372 g/mol. The normalized spacial score (nSPS) is 20.5. The van der Waals surface area contributed by atoms with Gasteiger partial charge in [-0.2, -0.15) is 5.10 Å². The van der Waals surface area contributed by atoms with Gasteiger partial charge in [-0.15, -0.1) is 0 Å². The Morgan fingerprint density at radius 1 is 1.42 bits per heavy atom. The Hall–Kier alpha value is -3.06. The Balaban J connectivity index is 1.58. The molecule has 0 aromatic heterocycles. The van der Waals surface area contributed by atoms with E-state index in [0.717, 1.165) is 5.70 Å². The second-order valence-corrected chi connectivity index (χ2v) is 6.20. The molecular formula is C18H15ClFN5O. The molecule has 8 heteroatoms. The van der Waals surface area contributed by atoms with Crippen LogP contribution in [-0.4, -0.2) is 29.3 Å². The Bertz CT molecular complexity index is 918. The molecule has 1 atom stereocenters. The molecule has 3 aliphatic rings. The molecule has 0 saturated heterocycles. The SMILES string of the molecule is O=C(NC1=CC=CNC1)C1=CNC2C=CC(c3cccc(F)c3Cl)=NN12. The van der Waals surface area contributed by atoms with Crippen LogP contribution in [0.2, 0.25) is 5.02 Å². The van der Waals surface area contributed by atoms with Crippen molar-refractivity contribution in [2.45, 2.75) is 6.17 Å². The van der Waals surface area contributed by atoms with Crippen LogP contribution < -0.4 is 16.0 Å². The molecule has 0 saturated carbocycles. The van der Waals surface area contributed by atoms with E-state index in [1.54, 1.807) is 35.6 Å². The van der Waals surface area contributed by atoms with Crippen LogP contribution in [0.1, 0.15) is 5.56 Å². The third-order valence-electron chi connectivity index (χ3n) is 4.09. The zero-order valence-corrected chi connectivity index (χ0v) is 14.3. The molecule has 3 heterocycles. The molecule has 1 amide bonds. The number of carbonyl (C=O) groups excluding carboxylic acids is 1. The summed E-state index contributed by atoms with van der Waals surface area (Å²) in [6.07, 6.45) is 10.4. The number of dihydropyridines is 1. The molecule has 0 fully saturated rings. The van der Waals surface area contributed by atoms with Crippen molar-refractivity contribution in [1.29, 1.82) is 0 Å². The Morgan fingerprint density at radius 3 is 3.12 bits per heavy atom. The fourth-order valence-electron chi connectivity index (χ4n) is 2.81. The number of amides is 1. The lowest BCUT2D eigenvalue weighted by molar-refractivity contribution is -0.118. The van der Waals surface area contributed by atoms with Gasteiger partial charge in [0.05, 0.1) is 17.3 Å². The van der Waals surface area contributed by atoms with Crippen molar-refractivity contribution < 1.29 is 9.18 Å². The summed E-state index contributed by atoms with van der Waals surface area (Å²) in [5.74, 6) is -0.799. The number of carbonyl (C=O) groups is 1. The first-order valence-corrected chi connectivity index (χ1v) is 8.38. The molecule has 1 aromatic rings. The minimum Gasteiger partial charge on any atom is -0.385 e. The smallest absolute Gasteiger partial charge is 0.275 e. The van der Waals surface area contributed by atoms with E-state index < -0.39 is 5.82 Å². The number of benzene rings is 1. The minimum absolute atomic E-state index is 0.00158. The van der Waals surface area contributed by atoms with E-state index in [0.29, 0.717) is 23.5 Å². The predicted octanol–water partition coefficient (Wildman–Crippen LogP) is 1.94. The molecule has 1 unspecified atom stereocenters. The average Bonchev–Trinajstić information content (AvgIpc) is 3.08. The molecule has 6 nitrogen and oxygen atoms in total. The molecular weight excluding hydrogens is 357 g/mol. The minimum atomic E-state index is -0.514. The van der Waals surface area contributed by atoms with Crippen molar-refractivity contribution in [1.82, 2.24) is 21.0 Å². The first kappa shape index (κ1) is 16.4. The van der Waals surface area contributed by atoms with Gasteiger partial charge >= 0.3 is 0 Å². The van der Waals surface area contributed by atoms with Gasteiger partial charge in [0.1, 0.15) is 17.7 Å². The van der Waals surface area contributed by atoms with Gasteiger partial charge in [-0.1, -0.05) is 23.7 Å². The number of hydrogen-bond acceptors (Lipinski definition) is 5. The topological polar surface area (TPSA) is 68.8 Å². The van der Waals surface area contributed by atoms with E-state index in [1.165, 1.54) is 6.07 Å². The summed E-state index contributed by atoms with van der Waals surface area (Å²) in [7, 11) is 0. The highest BCUT2D eigenvalue weighted by Gasteiger charge is 2.31. The Labute approximate surface area is 154 Å². The molecule has 4 rings (SSSR count). The molecule has 0 bridgehead atoms. The summed E-state index contributed by atoms with van der Waals surface area (Å²) in [5, 5.41) is 15.0. The zero-order valence-electron chi connectivity index (χ0n) is 13.5. The quantitative estimate of drug-likeness (QED) is 0.759. The second kappa shape index (κ2) is 6.68. The van der Waals surface area contributed by atoms with Gasteiger partial charge in [0.2, 0.25) is 0 Å². The summed E-state index contributed by atoms with van der Waals surface area (Å²) in [6, 6.07) is 4.55. The predicted molar refractivity (Wildman–Crippen MR) is 97.3 cm³/mol. The molecule has 0 spiro atoms. The first-order valence-electron chi connectivity index (χ1n) is 8.00. The number of nitrogens with zero attached hydrogens (tertiary/aromatic N) is 2. The van der Waals surface area contributed by atoms with Crippen LogP contribution in [0.15, 0.2) is 71.4 Å². The highest BCUT2D eigenvalue weighted by molar-refractivity contribution is 6.35. The maximum atomic E-state index is 13.7. The van der Waals surface area contributed by atoms with Gasteiger partial charge in [-0.25, -0.2) is 9.40 Å². The summed E-state index contributed by atoms with van der Waals surface area (Å²) in [4.78, 5) is 12.6. The van der Waals surface area contributed by atoms with Crippen LogP contribution in [0.4, 0.5) is 4.39 Å². The summed E-state index contributed by atoms with van der Waals surface area (Å²) < 4.78 is 13.7. The highest BCUT2D eigenvalue weighted by atomic mass is 35.5. The summed E-state index contributed by atoms with van der Waals surface area (Å²) >= 11 is 6.06. The lowest BCUT2D eigenvalue weighted by Crippen LogP contribution is -2.39. The number of rotatable bonds is 3. The number of hydrazone groups is 1. The van der Waals surface area contributed by atoms with Crippen molar-refractivity contribution >= 4 is 23.2 Å². The lowest BCUT2D eigenvalue weighted by Gasteiger charge is -2.26. The molecule has 132 valence electrons. The molecule has 3 aliphatic heterocycles. The van der Waals surface area contributed by atoms with Gasteiger partial charge in [-0.3, -0.25) is 4.79 Å². The molecule has 0 radical (unpaired) electrons. The van der Waals surface area contributed by atoms with Crippen molar-refractivity contribution in [3.05, 3.63) is 82.7 Å². The van der Waals surface area contributed by atoms with Gasteiger partial charge in [0.25, 0.3) is 5.91 Å². The monoisotopic (exact) mass is 371 g/mol. The number of fused-ring (bicyclic) bond motifs is 1. The third kappa shape index (κ3) is 2.97. The lowest BCUT2D eigenvalue weighted by atomic mass is 10.1. The summed E-state index contributed by atoms with van der Waals surface area (Å²) in [6.45, 7) is 0.541. The van der Waals surface area contributed by atoms with Gasteiger partial charge in [-0.05, 0) is 36.6 Å². The molecule has 1 aromatic carbocycles. The maximum Gasteiger partial charge on any atom is 0.275 e. The van der Waals surface area contributed by atoms with Crippen LogP contribution in [0.25, 0.3) is 0 Å². The van der Waals surface area contributed by atoms with E-state index in [2.05, 4.69) is 21.1 Å². The standard InChI is InChI=1S/C18H15ClFN5O/c19-17-12(4-1-5-13(17)20)14-6-7-16-22-10-15(25(16)24-14)18(26)23-11-3-2-8-21-9-11/h1-8,10,16,21-22H,9H2,(H,23,26). The van der Waals surface area contributed by atoms with Crippen molar-refractivity contribution in [2.24, 2.45) is 5.10 Å². The maximum absolute atomic E-state index is 13.7. The Morgan fingerprint density at radius 2 is 2.31 bits per heavy atom. The fourth-order valence-corrected chi connectivity index (χ4v) is 3.03. The van der Waals surface area contributed by atoms with E-state index in [-0.39, 0.29) is 17.1 Å². The van der Waals surface area contributed by atoms with Crippen LogP contribution in [0, 0.1) is 5.82 Å². The van der Waals surface area contributed by atoms with E-state index >= 15 is 0 Å². The largest absolute Gasteiger partial charge is 0.385 e. The van der Waals surface area contributed by atoms with E-state index in [1.807, 2.05) is 18.2 Å². The van der Waals surface area contributed by atoms with Crippen LogP contribution in [0.5, 0.6) is 0 Å². The highest BCUT2D eigenvalue weighted by Crippen LogP contribution is 2.26. The molecule has 0 aliphatic carbocycles. The number of allylic oxidation sites excluding steroid dienone is 3. The van der Waals surface area contributed by atoms with Crippen LogP contribution >= 0.6 is 11.6 Å². The zero-order chi connectivity index (χ0) is 18.1. The van der Waals surface area contributed by atoms with Gasteiger partial charge in [0, 0.05) is 17.5 Å². The third-order valence-corrected chi connectivity index (χ3v) is 4.48. The Kier molecular flexibility index (Phi) is 4.22. The summed E-state index contributed by atoms with van der Waals surface area (Å²) in [5.41, 5.74) is 2.07. The molecule has 3 N–H and O–H groups in total. The fraction of sp³-hybridized carbons (Fsp3) is 0.111. The van der Waals surface area contributed by atoms with E-state index in [4.69, 9.17) is 11.6 Å². The number of hydrogen-bond donors (Lipinski definition) is 3.